The Morgan fingerprint density at radius 2 is 1.79 bits per heavy atom. The van der Waals surface area contributed by atoms with E-state index in [-0.39, 0.29) is 11.8 Å². The van der Waals surface area contributed by atoms with Gasteiger partial charge in [0.25, 0.3) is 5.91 Å². The number of hydrogen-bond donors (Lipinski definition) is 2. The topological polar surface area (TPSA) is 58.2 Å². The molecule has 0 radical (unpaired) electrons. The molecule has 19 heavy (non-hydrogen) atoms. The molecule has 0 saturated heterocycles. The molecule has 0 heterocycles. The minimum absolute atomic E-state index is 0.0280. The summed E-state index contributed by atoms with van der Waals surface area (Å²) in [7, 11) is 0. The molecule has 0 bridgehead atoms. The molecule has 0 atom stereocenters. The molecule has 1 aliphatic carbocycles. The Hall–Kier alpha value is -1.84. The highest BCUT2D eigenvalue weighted by Crippen LogP contribution is 2.17. The quantitative estimate of drug-likeness (QED) is 0.849. The van der Waals surface area contributed by atoms with E-state index in [1.807, 2.05) is 18.2 Å². The fourth-order valence-electron chi connectivity index (χ4n) is 2.35. The molecule has 1 fully saturated rings. The Bertz CT molecular complexity index is 425. The number of rotatable bonds is 5. The maximum absolute atomic E-state index is 11.7. The van der Waals surface area contributed by atoms with Crippen LogP contribution in [0.4, 0.5) is 0 Å². The summed E-state index contributed by atoms with van der Waals surface area (Å²) < 4.78 is 0. The molecule has 1 aromatic carbocycles. The van der Waals surface area contributed by atoms with Crippen molar-refractivity contribution < 1.29 is 9.59 Å². The van der Waals surface area contributed by atoms with Crippen molar-refractivity contribution in [1.29, 1.82) is 0 Å². The van der Waals surface area contributed by atoms with Crippen LogP contribution in [0, 0.1) is 0 Å². The highest BCUT2D eigenvalue weighted by molar-refractivity contribution is 5.94. The van der Waals surface area contributed by atoms with E-state index < -0.39 is 0 Å². The standard InChI is InChI=1S/C15H20N2O2/c18-14(17-13-8-4-5-9-13)10-11-16-15(19)12-6-2-1-3-7-12/h1-3,6-7,13H,4-5,8-11H2,(H,16,19)(H,17,18). The molecule has 1 aliphatic rings. The van der Waals surface area contributed by atoms with E-state index in [0.29, 0.717) is 24.6 Å². The third-order valence-corrected chi connectivity index (χ3v) is 3.39. The summed E-state index contributed by atoms with van der Waals surface area (Å²) in [6.07, 6.45) is 4.92. The zero-order valence-corrected chi connectivity index (χ0v) is 11.0. The first-order valence-electron chi connectivity index (χ1n) is 6.88. The van der Waals surface area contributed by atoms with E-state index in [9.17, 15) is 9.59 Å². The first kappa shape index (κ1) is 13.6. The lowest BCUT2D eigenvalue weighted by Crippen LogP contribution is -2.35. The summed E-state index contributed by atoms with van der Waals surface area (Å²) in [6.45, 7) is 0.381. The smallest absolute Gasteiger partial charge is 0.251 e. The zero-order valence-electron chi connectivity index (χ0n) is 11.0. The van der Waals surface area contributed by atoms with E-state index >= 15 is 0 Å². The second-order valence-electron chi connectivity index (χ2n) is 4.92. The van der Waals surface area contributed by atoms with E-state index in [2.05, 4.69) is 10.6 Å². The molecule has 2 rings (SSSR count). The average molecular weight is 260 g/mol. The molecule has 102 valence electrons. The average Bonchev–Trinajstić information content (AvgIpc) is 2.92. The van der Waals surface area contributed by atoms with Crippen molar-refractivity contribution in [3.8, 4) is 0 Å². The molecule has 2 N–H and O–H groups in total. The predicted molar refractivity (Wildman–Crippen MR) is 73.8 cm³/mol. The van der Waals surface area contributed by atoms with Gasteiger partial charge in [-0.15, -0.1) is 0 Å². The summed E-state index contributed by atoms with van der Waals surface area (Å²) in [5.74, 6) is -0.102. The lowest BCUT2D eigenvalue weighted by molar-refractivity contribution is -0.121. The number of hydrogen-bond acceptors (Lipinski definition) is 2. The number of nitrogens with one attached hydrogen (secondary N) is 2. The van der Waals surface area contributed by atoms with Crippen LogP contribution >= 0.6 is 0 Å². The highest BCUT2D eigenvalue weighted by Gasteiger charge is 2.16. The largest absolute Gasteiger partial charge is 0.353 e. The molecule has 2 amide bonds. The van der Waals surface area contributed by atoms with Crippen LogP contribution in [0.15, 0.2) is 30.3 Å². The fraction of sp³-hybridized carbons (Fsp3) is 0.467. The van der Waals surface area contributed by atoms with Gasteiger partial charge >= 0.3 is 0 Å². The number of benzene rings is 1. The van der Waals surface area contributed by atoms with Crippen molar-refractivity contribution in [3.05, 3.63) is 35.9 Å². The summed E-state index contributed by atoms with van der Waals surface area (Å²) in [5.41, 5.74) is 0.624. The molecule has 4 nitrogen and oxygen atoms in total. The summed E-state index contributed by atoms with van der Waals surface area (Å²) >= 11 is 0. The summed E-state index contributed by atoms with van der Waals surface area (Å²) in [4.78, 5) is 23.4. The second-order valence-corrected chi connectivity index (χ2v) is 4.92. The van der Waals surface area contributed by atoms with Crippen LogP contribution in [0.5, 0.6) is 0 Å². The molecule has 0 aliphatic heterocycles. The van der Waals surface area contributed by atoms with Crippen molar-refractivity contribution in [3.63, 3.8) is 0 Å². The van der Waals surface area contributed by atoms with Gasteiger partial charge in [0.05, 0.1) is 0 Å². The maximum Gasteiger partial charge on any atom is 0.251 e. The first-order valence-corrected chi connectivity index (χ1v) is 6.88. The van der Waals surface area contributed by atoms with Gasteiger partial charge in [-0.3, -0.25) is 9.59 Å². The number of amides is 2. The minimum Gasteiger partial charge on any atom is -0.353 e. The van der Waals surface area contributed by atoms with Gasteiger partial charge in [-0.05, 0) is 25.0 Å². The third-order valence-electron chi connectivity index (χ3n) is 3.39. The van der Waals surface area contributed by atoms with Crippen molar-refractivity contribution >= 4 is 11.8 Å². The second kappa shape index (κ2) is 6.92. The predicted octanol–water partition coefficient (Wildman–Crippen LogP) is 1.87. The van der Waals surface area contributed by atoms with Gasteiger partial charge in [0.2, 0.25) is 5.91 Å². The van der Waals surface area contributed by atoms with Crippen molar-refractivity contribution in [2.45, 2.75) is 38.1 Å². The Labute approximate surface area is 113 Å². The highest BCUT2D eigenvalue weighted by atomic mass is 16.2. The van der Waals surface area contributed by atoms with Gasteiger partial charge < -0.3 is 10.6 Å². The Morgan fingerprint density at radius 3 is 2.47 bits per heavy atom. The molecule has 1 saturated carbocycles. The van der Waals surface area contributed by atoms with Gasteiger partial charge in [0.15, 0.2) is 0 Å². The monoisotopic (exact) mass is 260 g/mol. The van der Waals surface area contributed by atoms with Crippen LogP contribution in [0.25, 0.3) is 0 Å². The van der Waals surface area contributed by atoms with Gasteiger partial charge in [-0.2, -0.15) is 0 Å². The van der Waals surface area contributed by atoms with Gasteiger partial charge in [-0.1, -0.05) is 31.0 Å². The Kier molecular flexibility index (Phi) is 4.95. The lowest BCUT2D eigenvalue weighted by atomic mass is 10.2. The minimum atomic E-state index is -0.130. The normalized spacial score (nSPS) is 15.2. The zero-order chi connectivity index (χ0) is 13.5. The fourth-order valence-corrected chi connectivity index (χ4v) is 2.35. The van der Waals surface area contributed by atoms with Crippen LogP contribution < -0.4 is 10.6 Å². The SMILES string of the molecule is O=C(CCNC(=O)c1ccccc1)NC1CCCC1. The Morgan fingerprint density at radius 1 is 1.11 bits per heavy atom. The Balaban J connectivity index is 1.65. The van der Waals surface area contributed by atoms with Crippen LogP contribution in [-0.2, 0) is 4.79 Å². The third kappa shape index (κ3) is 4.39. The van der Waals surface area contributed by atoms with Crippen LogP contribution in [-0.4, -0.2) is 24.4 Å². The van der Waals surface area contributed by atoms with E-state index in [1.54, 1.807) is 12.1 Å². The maximum atomic E-state index is 11.7. The molecule has 0 spiro atoms. The molecule has 0 unspecified atom stereocenters. The molecular formula is C15H20N2O2. The summed E-state index contributed by atoms with van der Waals surface area (Å²) in [6, 6.07) is 9.37. The van der Waals surface area contributed by atoms with E-state index in [0.717, 1.165) is 12.8 Å². The van der Waals surface area contributed by atoms with Crippen LogP contribution in [0.2, 0.25) is 0 Å². The van der Waals surface area contributed by atoms with Crippen LogP contribution in [0.3, 0.4) is 0 Å². The van der Waals surface area contributed by atoms with Crippen molar-refractivity contribution in [2.24, 2.45) is 0 Å². The van der Waals surface area contributed by atoms with Gasteiger partial charge in [0, 0.05) is 24.6 Å². The molecule has 4 heteroatoms. The number of carbonyl (C=O) groups excluding carboxylic acids is 2. The van der Waals surface area contributed by atoms with Gasteiger partial charge in [0.1, 0.15) is 0 Å². The van der Waals surface area contributed by atoms with Crippen molar-refractivity contribution in [1.82, 2.24) is 10.6 Å². The molecule has 1 aromatic rings. The number of carbonyl (C=O) groups is 2. The van der Waals surface area contributed by atoms with E-state index in [4.69, 9.17) is 0 Å². The van der Waals surface area contributed by atoms with Crippen molar-refractivity contribution in [2.75, 3.05) is 6.54 Å². The van der Waals surface area contributed by atoms with Gasteiger partial charge in [-0.25, -0.2) is 0 Å². The van der Waals surface area contributed by atoms with E-state index in [1.165, 1.54) is 12.8 Å². The van der Waals surface area contributed by atoms with Crippen LogP contribution in [0.1, 0.15) is 42.5 Å². The first-order chi connectivity index (χ1) is 9.25. The summed E-state index contributed by atoms with van der Waals surface area (Å²) in [5, 5.41) is 5.76. The molecular weight excluding hydrogens is 240 g/mol. The molecule has 0 aromatic heterocycles. The lowest BCUT2D eigenvalue weighted by Gasteiger charge is -2.12.